The maximum absolute atomic E-state index is 12.9. The number of rotatable bonds is 3. The summed E-state index contributed by atoms with van der Waals surface area (Å²) in [5.74, 6) is -0.104. The summed E-state index contributed by atoms with van der Waals surface area (Å²) in [7, 11) is 0. The molecule has 3 aromatic rings. The minimum atomic E-state index is -0.104. The monoisotopic (exact) mass is 481 g/mol. The number of piperidine rings is 1. The molecule has 1 saturated heterocycles. The Kier molecular flexibility index (Phi) is 6.24. The average Bonchev–Trinajstić information content (AvgIpc) is 2.96. The second kappa shape index (κ2) is 9.28. The van der Waals surface area contributed by atoms with Gasteiger partial charge in [-0.1, -0.05) is 59.6 Å². The number of carbonyl (C=O) groups excluding carboxylic acids is 1. The van der Waals surface area contributed by atoms with Crippen molar-refractivity contribution in [2.75, 3.05) is 13.1 Å². The Bertz CT molecular complexity index is 1200. The first-order chi connectivity index (χ1) is 15.6. The lowest BCUT2D eigenvalue weighted by atomic mass is 10.0. The van der Waals surface area contributed by atoms with E-state index in [1.165, 1.54) is 6.42 Å². The molecule has 0 aromatic heterocycles. The third-order valence-corrected chi connectivity index (χ3v) is 7.22. The van der Waals surface area contributed by atoms with Crippen LogP contribution in [0.2, 0.25) is 10.0 Å². The van der Waals surface area contributed by atoms with Crippen molar-refractivity contribution in [1.82, 2.24) is 10.4 Å². The number of aliphatic imine (C=N–C) groups is 1. The fourth-order valence-electron chi connectivity index (χ4n) is 3.95. The molecule has 2 aliphatic rings. The predicted molar refractivity (Wildman–Crippen MR) is 132 cm³/mol. The molecular weight excluding hydrogens is 461 g/mol. The van der Waals surface area contributed by atoms with Crippen LogP contribution in [-0.2, 0) is 0 Å². The first-order valence-corrected chi connectivity index (χ1v) is 12.2. The Labute approximate surface area is 201 Å². The zero-order valence-electron chi connectivity index (χ0n) is 17.3. The molecule has 2 heterocycles. The van der Waals surface area contributed by atoms with Crippen LogP contribution >= 0.6 is 35.0 Å². The Hall–Kier alpha value is -2.31. The lowest BCUT2D eigenvalue weighted by Gasteiger charge is -2.26. The second-order valence-corrected chi connectivity index (χ2v) is 9.84. The zero-order chi connectivity index (χ0) is 22.1. The van der Waals surface area contributed by atoms with Crippen LogP contribution in [0.25, 0.3) is 0 Å². The van der Waals surface area contributed by atoms with E-state index in [1.54, 1.807) is 11.8 Å². The van der Waals surface area contributed by atoms with Gasteiger partial charge in [0.1, 0.15) is 0 Å². The maximum atomic E-state index is 12.9. The van der Waals surface area contributed by atoms with E-state index < -0.39 is 0 Å². The number of nitrogens with zero attached hydrogens (tertiary/aromatic N) is 2. The van der Waals surface area contributed by atoms with Gasteiger partial charge < -0.3 is 0 Å². The van der Waals surface area contributed by atoms with Crippen molar-refractivity contribution in [3.63, 3.8) is 0 Å². The summed E-state index contributed by atoms with van der Waals surface area (Å²) in [5, 5.41) is 3.35. The highest BCUT2D eigenvalue weighted by Crippen LogP contribution is 2.42. The highest BCUT2D eigenvalue weighted by Gasteiger charge is 2.21. The highest BCUT2D eigenvalue weighted by atomic mass is 35.5. The predicted octanol–water partition coefficient (Wildman–Crippen LogP) is 6.76. The molecule has 0 saturated carbocycles. The third kappa shape index (κ3) is 4.57. The number of hydrazine groups is 1. The number of nitrogens with one attached hydrogen (secondary N) is 1. The molecule has 3 aromatic carbocycles. The molecule has 0 spiro atoms. The minimum absolute atomic E-state index is 0.104. The molecule has 1 N–H and O–H groups in total. The summed E-state index contributed by atoms with van der Waals surface area (Å²) in [5.41, 5.74) is 7.17. The highest BCUT2D eigenvalue weighted by molar-refractivity contribution is 7.99. The molecule has 7 heteroatoms. The van der Waals surface area contributed by atoms with Gasteiger partial charge in [-0.3, -0.25) is 10.2 Å². The Morgan fingerprint density at radius 1 is 0.875 bits per heavy atom. The van der Waals surface area contributed by atoms with E-state index in [9.17, 15) is 4.79 Å². The van der Waals surface area contributed by atoms with Gasteiger partial charge in [0, 0.05) is 49.6 Å². The zero-order valence-corrected chi connectivity index (χ0v) is 19.6. The standard InChI is InChI=1S/C25H21Cl2N3OS/c26-18-7-4-16(5-8-18)24-20-10-9-19(27)15-23(20)32-22-11-6-17(14-21(22)28-24)25(31)29-30-12-2-1-3-13-30/h4-11,14-15H,1-3,12-13H2,(H,29,31). The fourth-order valence-corrected chi connectivity index (χ4v) is 5.35. The van der Waals surface area contributed by atoms with E-state index in [1.807, 2.05) is 65.7 Å². The molecule has 1 amide bonds. The summed E-state index contributed by atoms with van der Waals surface area (Å²) in [6.45, 7) is 1.78. The number of amides is 1. The quantitative estimate of drug-likeness (QED) is 0.351. The summed E-state index contributed by atoms with van der Waals surface area (Å²) in [4.78, 5) is 19.9. The number of fused-ring (bicyclic) bond motifs is 2. The lowest BCUT2D eigenvalue weighted by Crippen LogP contribution is -2.45. The molecule has 0 bridgehead atoms. The van der Waals surface area contributed by atoms with Crippen LogP contribution in [-0.4, -0.2) is 29.7 Å². The summed E-state index contributed by atoms with van der Waals surface area (Å²) in [6, 6.07) is 19.2. The number of benzene rings is 3. The minimum Gasteiger partial charge on any atom is -0.285 e. The SMILES string of the molecule is O=C(NN1CCCCC1)c1ccc2c(c1)N=C(c1ccc(Cl)cc1)c1ccc(Cl)cc1S2. The molecule has 0 aliphatic carbocycles. The number of hydrogen-bond donors (Lipinski definition) is 1. The molecule has 4 nitrogen and oxygen atoms in total. The van der Waals surface area contributed by atoms with Crippen LogP contribution in [0.1, 0.15) is 40.7 Å². The van der Waals surface area contributed by atoms with E-state index in [-0.39, 0.29) is 5.91 Å². The fraction of sp³-hybridized carbons (Fsp3) is 0.200. The number of halogens is 2. The van der Waals surface area contributed by atoms with Crippen molar-refractivity contribution in [3.05, 3.63) is 87.4 Å². The summed E-state index contributed by atoms with van der Waals surface area (Å²) in [6.07, 6.45) is 3.43. The van der Waals surface area contributed by atoms with Gasteiger partial charge in [-0.05, 0) is 55.3 Å². The first-order valence-electron chi connectivity index (χ1n) is 10.6. The van der Waals surface area contributed by atoms with E-state index in [0.29, 0.717) is 15.6 Å². The van der Waals surface area contributed by atoms with Gasteiger partial charge in [-0.15, -0.1) is 0 Å². The van der Waals surface area contributed by atoms with Crippen molar-refractivity contribution < 1.29 is 4.79 Å². The van der Waals surface area contributed by atoms with Gasteiger partial charge in [-0.2, -0.15) is 0 Å². The Morgan fingerprint density at radius 3 is 2.41 bits per heavy atom. The molecule has 0 unspecified atom stereocenters. The second-order valence-electron chi connectivity index (χ2n) is 7.88. The summed E-state index contributed by atoms with van der Waals surface area (Å²) >= 11 is 14.0. The van der Waals surface area contributed by atoms with Gasteiger partial charge >= 0.3 is 0 Å². The van der Waals surface area contributed by atoms with E-state index >= 15 is 0 Å². The molecule has 162 valence electrons. The van der Waals surface area contributed by atoms with Crippen molar-refractivity contribution >= 4 is 52.3 Å². The largest absolute Gasteiger partial charge is 0.285 e. The van der Waals surface area contributed by atoms with E-state index in [0.717, 1.165) is 58.2 Å². The van der Waals surface area contributed by atoms with Gasteiger partial charge in [0.05, 0.1) is 11.4 Å². The Morgan fingerprint density at radius 2 is 1.62 bits per heavy atom. The molecular formula is C25H21Cl2N3OS. The van der Waals surface area contributed by atoms with Crippen LogP contribution < -0.4 is 5.43 Å². The third-order valence-electron chi connectivity index (χ3n) is 5.61. The van der Waals surface area contributed by atoms with E-state index in [2.05, 4.69) is 5.43 Å². The van der Waals surface area contributed by atoms with Crippen molar-refractivity contribution in [2.45, 2.75) is 29.1 Å². The van der Waals surface area contributed by atoms with Crippen LogP contribution in [0.5, 0.6) is 0 Å². The molecule has 0 atom stereocenters. The van der Waals surface area contributed by atoms with Crippen LogP contribution in [0, 0.1) is 0 Å². The number of hydrogen-bond acceptors (Lipinski definition) is 4. The topological polar surface area (TPSA) is 44.7 Å². The first kappa shape index (κ1) is 21.5. The van der Waals surface area contributed by atoms with Crippen molar-refractivity contribution in [1.29, 1.82) is 0 Å². The van der Waals surface area contributed by atoms with Gasteiger partial charge in [0.2, 0.25) is 0 Å². The Balaban J connectivity index is 1.55. The van der Waals surface area contributed by atoms with Crippen molar-refractivity contribution in [3.8, 4) is 0 Å². The van der Waals surface area contributed by atoms with Gasteiger partial charge in [0.25, 0.3) is 5.91 Å². The van der Waals surface area contributed by atoms with Crippen molar-refractivity contribution in [2.24, 2.45) is 4.99 Å². The smallest absolute Gasteiger partial charge is 0.265 e. The molecule has 32 heavy (non-hydrogen) atoms. The van der Waals surface area contributed by atoms with E-state index in [4.69, 9.17) is 28.2 Å². The molecule has 2 aliphatic heterocycles. The summed E-state index contributed by atoms with van der Waals surface area (Å²) < 4.78 is 0. The van der Waals surface area contributed by atoms with Crippen LogP contribution in [0.15, 0.2) is 75.4 Å². The van der Waals surface area contributed by atoms with Gasteiger partial charge in [-0.25, -0.2) is 10.0 Å². The van der Waals surface area contributed by atoms with Gasteiger partial charge in [0.15, 0.2) is 0 Å². The maximum Gasteiger partial charge on any atom is 0.265 e. The normalized spacial score (nSPS) is 15.9. The molecule has 1 fully saturated rings. The molecule has 5 rings (SSSR count). The van der Waals surface area contributed by atoms with Crippen LogP contribution in [0.4, 0.5) is 5.69 Å². The lowest BCUT2D eigenvalue weighted by molar-refractivity contribution is 0.0750. The average molecular weight is 482 g/mol. The van der Waals surface area contributed by atoms with Crippen LogP contribution in [0.3, 0.4) is 0 Å². The number of carbonyl (C=O) groups is 1. The molecule has 0 radical (unpaired) electrons.